The molecule has 25 heavy (non-hydrogen) atoms. The molecule has 2 aliphatic rings. The summed E-state index contributed by atoms with van der Waals surface area (Å²) in [7, 11) is 0. The van der Waals surface area contributed by atoms with Crippen molar-refractivity contribution in [1.82, 2.24) is 0 Å². The maximum atomic E-state index is 12.3. The van der Waals surface area contributed by atoms with Crippen LogP contribution in [-0.2, 0) is 19.1 Å². The van der Waals surface area contributed by atoms with Gasteiger partial charge in [-0.05, 0) is 25.8 Å². The van der Waals surface area contributed by atoms with Gasteiger partial charge in [0.2, 0.25) is 6.10 Å². The molecule has 2 saturated heterocycles. The highest BCUT2D eigenvalue weighted by molar-refractivity contribution is 5.82. The van der Waals surface area contributed by atoms with Crippen LogP contribution in [0.5, 0.6) is 0 Å². The molecule has 2 aliphatic heterocycles. The zero-order valence-corrected chi connectivity index (χ0v) is 13.9. The van der Waals surface area contributed by atoms with Gasteiger partial charge >= 0.3 is 11.9 Å². The third-order valence-corrected chi connectivity index (χ3v) is 4.63. The van der Waals surface area contributed by atoms with E-state index in [2.05, 4.69) is 0 Å². The first-order valence-corrected chi connectivity index (χ1v) is 8.35. The standard InChI is InChI=1S/C17H20N2O6/c1-11-10-15(17(21)24-11)25-16(20)12-6-8-18(9-7-12)13-4-2-3-5-14(13)19(22)23/h2-5,11-12,15H,6-10H2,1H3. The van der Waals surface area contributed by atoms with Crippen molar-refractivity contribution in [2.45, 2.75) is 38.4 Å². The minimum absolute atomic E-state index is 0.0613. The number of nitro benzene ring substituents is 1. The van der Waals surface area contributed by atoms with Crippen LogP contribution in [0.3, 0.4) is 0 Å². The van der Waals surface area contributed by atoms with E-state index >= 15 is 0 Å². The molecule has 0 N–H and O–H groups in total. The van der Waals surface area contributed by atoms with Crippen LogP contribution in [0.2, 0.25) is 0 Å². The Morgan fingerprint density at radius 1 is 1.32 bits per heavy atom. The molecule has 0 radical (unpaired) electrons. The SMILES string of the molecule is CC1CC(OC(=O)C2CCN(c3ccccc3[N+](=O)[O-])CC2)C(=O)O1. The zero-order valence-electron chi connectivity index (χ0n) is 13.9. The summed E-state index contributed by atoms with van der Waals surface area (Å²) in [5.41, 5.74) is 0.624. The van der Waals surface area contributed by atoms with Gasteiger partial charge in [0.15, 0.2) is 0 Å². The molecule has 0 aromatic heterocycles. The lowest BCUT2D eigenvalue weighted by Crippen LogP contribution is -2.38. The van der Waals surface area contributed by atoms with Crippen LogP contribution >= 0.6 is 0 Å². The number of carbonyl (C=O) groups excluding carboxylic acids is 2. The topological polar surface area (TPSA) is 99.0 Å². The quantitative estimate of drug-likeness (QED) is 0.466. The van der Waals surface area contributed by atoms with Crippen LogP contribution in [0.4, 0.5) is 11.4 Å². The Labute approximate surface area is 144 Å². The molecule has 0 aliphatic carbocycles. The number of nitro groups is 1. The predicted molar refractivity (Wildman–Crippen MR) is 88.1 cm³/mol. The number of anilines is 1. The van der Waals surface area contributed by atoms with E-state index in [1.165, 1.54) is 6.07 Å². The lowest BCUT2D eigenvalue weighted by Gasteiger charge is -2.32. The van der Waals surface area contributed by atoms with Crippen molar-refractivity contribution in [3.05, 3.63) is 34.4 Å². The Morgan fingerprint density at radius 2 is 2.00 bits per heavy atom. The zero-order chi connectivity index (χ0) is 18.0. The van der Waals surface area contributed by atoms with Gasteiger partial charge in [0.1, 0.15) is 11.8 Å². The molecular weight excluding hydrogens is 328 g/mol. The van der Waals surface area contributed by atoms with Gasteiger partial charge in [0.25, 0.3) is 5.69 Å². The van der Waals surface area contributed by atoms with Gasteiger partial charge in [-0.3, -0.25) is 14.9 Å². The van der Waals surface area contributed by atoms with Gasteiger partial charge in [-0.2, -0.15) is 0 Å². The molecule has 2 heterocycles. The Balaban J connectivity index is 1.58. The van der Waals surface area contributed by atoms with E-state index in [0.717, 1.165) is 0 Å². The first kappa shape index (κ1) is 17.2. The van der Waals surface area contributed by atoms with Crippen LogP contribution in [-0.4, -0.2) is 42.2 Å². The van der Waals surface area contributed by atoms with E-state index in [1.807, 2.05) is 4.90 Å². The lowest BCUT2D eigenvalue weighted by atomic mass is 9.96. The average molecular weight is 348 g/mol. The number of esters is 2. The van der Waals surface area contributed by atoms with Crippen molar-refractivity contribution in [2.75, 3.05) is 18.0 Å². The van der Waals surface area contributed by atoms with Gasteiger partial charge in [0, 0.05) is 25.6 Å². The van der Waals surface area contributed by atoms with E-state index in [9.17, 15) is 19.7 Å². The molecule has 1 aromatic carbocycles. The number of carbonyl (C=O) groups is 2. The molecule has 2 unspecified atom stereocenters. The number of para-hydroxylation sites is 2. The minimum Gasteiger partial charge on any atom is -0.460 e. The fourth-order valence-corrected chi connectivity index (χ4v) is 3.29. The normalized spacial score (nSPS) is 24.0. The molecule has 3 rings (SSSR count). The molecule has 134 valence electrons. The summed E-state index contributed by atoms with van der Waals surface area (Å²) >= 11 is 0. The number of rotatable bonds is 4. The fraction of sp³-hybridized carbons (Fsp3) is 0.529. The smallest absolute Gasteiger partial charge is 0.347 e. The molecule has 8 heteroatoms. The average Bonchev–Trinajstić information content (AvgIpc) is 2.92. The highest BCUT2D eigenvalue weighted by atomic mass is 16.6. The Morgan fingerprint density at radius 3 is 2.60 bits per heavy atom. The number of hydrogen-bond donors (Lipinski definition) is 0. The fourth-order valence-electron chi connectivity index (χ4n) is 3.29. The summed E-state index contributed by atoms with van der Waals surface area (Å²) in [6, 6.07) is 6.58. The lowest BCUT2D eigenvalue weighted by molar-refractivity contribution is -0.384. The van der Waals surface area contributed by atoms with E-state index in [-0.39, 0.29) is 17.7 Å². The van der Waals surface area contributed by atoms with Crippen LogP contribution in [0.25, 0.3) is 0 Å². The third kappa shape index (κ3) is 3.72. The second-order valence-electron chi connectivity index (χ2n) is 6.42. The molecule has 0 spiro atoms. The van der Waals surface area contributed by atoms with E-state index < -0.39 is 23.0 Å². The van der Waals surface area contributed by atoms with Crippen molar-refractivity contribution in [1.29, 1.82) is 0 Å². The maximum Gasteiger partial charge on any atom is 0.347 e. The second kappa shape index (κ2) is 7.08. The number of cyclic esters (lactones) is 1. The number of ether oxygens (including phenoxy) is 2. The first-order chi connectivity index (χ1) is 12.0. The van der Waals surface area contributed by atoms with Crippen molar-refractivity contribution in [2.24, 2.45) is 5.92 Å². The number of benzene rings is 1. The Bertz CT molecular complexity index is 683. The van der Waals surface area contributed by atoms with Crippen LogP contribution in [0.15, 0.2) is 24.3 Å². The molecule has 2 fully saturated rings. The van der Waals surface area contributed by atoms with E-state index in [4.69, 9.17) is 9.47 Å². The van der Waals surface area contributed by atoms with Crippen LogP contribution in [0, 0.1) is 16.0 Å². The number of hydrogen-bond acceptors (Lipinski definition) is 7. The Kier molecular flexibility index (Phi) is 4.87. The number of nitrogens with zero attached hydrogens (tertiary/aromatic N) is 2. The van der Waals surface area contributed by atoms with E-state index in [1.54, 1.807) is 25.1 Å². The highest BCUT2D eigenvalue weighted by Crippen LogP contribution is 2.31. The molecule has 8 nitrogen and oxygen atoms in total. The first-order valence-electron chi connectivity index (χ1n) is 8.35. The maximum absolute atomic E-state index is 12.3. The minimum atomic E-state index is -0.809. The van der Waals surface area contributed by atoms with Crippen LogP contribution < -0.4 is 4.90 Å². The monoisotopic (exact) mass is 348 g/mol. The third-order valence-electron chi connectivity index (χ3n) is 4.63. The summed E-state index contributed by atoms with van der Waals surface area (Å²) in [6.45, 7) is 2.81. The summed E-state index contributed by atoms with van der Waals surface area (Å²) in [5, 5.41) is 11.1. The van der Waals surface area contributed by atoms with Gasteiger partial charge in [-0.25, -0.2) is 4.79 Å². The summed E-state index contributed by atoms with van der Waals surface area (Å²) in [6.07, 6.45) is 0.408. The molecule has 2 atom stereocenters. The van der Waals surface area contributed by atoms with Crippen molar-refractivity contribution in [3.8, 4) is 0 Å². The van der Waals surface area contributed by atoms with Gasteiger partial charge < -0.3 is 14.4 Å². The van der Waals surface area contributed by atoms with Crippen molar-refractivity contribution in [3.63, 3.8) is 0 Å². The number of piperidine rings is 1. The van der Waals surface area contributed by atoms with Gasteiger partial charge in [-0.15, -0.1) is 0 Å². The molecule has 1 aromatic rings. The predicted octanol–water partition coefficient (Wildman–Crippen LogP) is 2.06. The van der Waals surface area contributed by atoms with Crippen molar-refractivity contribution < 1.29 is 24.0 Å². The Hall–Kier alpha value is -2.64. The van der Waals surface area contributed by atoms with Gasteiger partial charge in [-0.1, -0.05) is 12.1 Å². The molecule has 0 bridgehead atoms. The summed E-state index contributed by atoms with van der Waals surface area (Å²) < 4.78 is 10.3. The summed E-state index contributed by atoms with van der Waals surface area (Å²) in [4.78, 5) is 36.5. The van der Waals surface area contributed by atoms with Crippen LogP contribution in [0.1, 0.15) is 26.2 Å². The highest BCUT2D eigenvalue weighted by Gasteiger charge is 2.37. The largest absolute Gasteiger partial charge is 0.460 e. The molecule has 0 amide bonds. The van der Waals surface area contributed by atoms with Crippen molar-refractivity contribution >= 4 is 23.3 Å². The van der Waals surface area contributed by atoms with Gasteiger partial charge in [0.05, 0.1) is 10.8 Å². The molecule has 0 saturated carbocycles. The van der Waals surface area contributed by atoms with E-state index in [0.29, 0.717) is 38.0 Å². The second-order valence-corrected chi connectivity index (χ2v) is 6.42. The summed E-state index contributed by atoms with van der Waals surface area (Å²) in [5.74, 6) is -1.18. The molecular formula is C17H20N2O6.